The van der Waals surface area contributed by atoms with E-state index in [0.717, 1.165) is 5.92 Å². The van der Waals surface area contributed by atoms with Gasteiger partial charge in [-0.2, -0.15) is 0 Å². The monoisotopic (exact) mass is 292 g/mol. The number of nitrogens with one attached hydrogen (secondary N) is 1. The van der Waals surface area contributed by atoms with Crippen LogP contribution in [0.1, 0.15) is 33.1 Å². The lowest BCUT2D eigenvalue weighted by atomic mass is 9.90. The van der Waals surface area contributed by atoms with E-state index < -0.39 is 0 Å². The van der Waals surface area contributed by atoms with Gasteiger partial charge in [-0.05, 0) is 82.3 Å². The summed E-state index contributed by atoms with van der Waals surface area (Å²) in [5.74, 6) is 0.809. The second-order valence-corrected chi connectivity index (χ2v) is 6.72. The number of hydrogen-bond acceptors (Lipinski definition) is 3. The van der Waals surface area contributed by atoms with E-state index >= 15 is 0 Å². The molecular weight excluding hydrogens is 264 g/mol. The Morgan fingerprint density at radius 3 is 2.45 bits per heavy atom. The third-order valence-electron chi connectivity index (χ3n) is 4.36. The lowest BCUT2D eigenvalue weighted by molar-refractivity contribution is 0.176. The summed E-state index contributed by atoms with van der Waals surface area (Å²) in [6, 6.07) is 9.37. The van der Waals surface area contributed by atoms with Crippen LogP contribution in [-0.2, 0) is 0 Å². The van der Waals surface area contributed by atoms with E-state index in [4.69, 9.17) is 0 Å². The van der Waals surface area contributed by atoms with Gasteiger partial charge in [-0.3, -0.25) is 0 Å². The van der Waals surface area contributed by atoms with Crippen LogP contribution < -0.4 is 5.32 Å². The van der Waals surface area contributed by atoms with Crippen molar-refractivity contribution in [3.63, 3.8) is 0 Å². The molecule has 0 aliphatic carbocycles. The largest absolute Gasteiger partial charge is 0.382 e. The molecule has 0 amide bonds. The molecule has 0 aromatic heterocycles. The third kappa shape index (κ3) is 4.42. The van der Waals surface area contributed by atoms with Crippen molar-refractivity contribution >= 4 is 17.4 Å². The average Bonchev–Trinajstić information content (AvgIpc) is 2.49. The van der Waals surface area contributed by atoms with E-state index in [-0.39, 0.29) is 0 Å². The first-order valence-corrected chi connectivity index (χ1v) is 9.08. The van der Waals surface area contributed by atoms with Crippen molar-refractivity contribution in [3.8, 4) is 0 Å². The molecule has 1 saturated heterocycles. The fourth-order valence-electron chi connectivity index (χ4n) is 3.06. The summed E-state index contributed by atoms with van der Waals surface area (Å²) < 4.78 is 0. The highest BCUT2D eigenvalue weighted by Crippen LogP contribution is 2.24. The van der Waals surface area contributed by atoms with Crippen molar-refractivity contribution in [3.05, 3.63) is 24.3 Å². The van der Waals surface area contributed by atoms with Gasteiger partial charge in [0.05, 0.1) is 0 Å². The molecule has 20 heavy (non-hydrogen) atoms. The Hall–Kier alpha value is -0.670. The van der Waals surface area contributed by atoms with Crippen LogP contribution in [0.3, 0.4) is 0 Å². The zero-order valence-electron chi connectivity index (χ0n) is 13.1. The van der Waals surface area contributed by atoms with E-state index in [0.29, 0.717) is 6.04 Å². The Labute approximate surface area is 128 Å². The normalized spacial score (nSPS) is 18.9. The third-order valence-corrected chi connectivity index (χ3v) is 5.11. The van der Waals surface area contributed by atoms with Crippen LogP contribution in [0.4, 0.5) is 5.69 Å². The summed E-state index contributed by atoms with van der Waals surface area (Å²) in [5, 5.41) is 3.68. The molecular formula is C17H28N2S. The van der Waals surface area contributed by atoms with Crippen molar-refractivity contribution < 1.29 is 0 Å². The standard InChI is InChI=1S/C17H28N2S/c1-4-11-19-12-9-15(10-13-19)14(2)18-16-5-7-17(20-3)8-6-16/h5-8,14-15,18H,4,9-13H2,1-3H3. The Kier molecular flexibility index (Phi) is 6.24. The lowest BCUT2D eigenvalue weighted by Gasteiger charge is -2.35. The molecule has 3 heteroatoms. The smallest absolute Gasteiger partial charge is 0.0343 e. The summed E-state index contributed by atoms with van der Waals surface area (Å²) in [5.41, 5.74) is 1.26. The van der Waals surface area contributed by atoms with Crippen LogP contribution in [0, 0.1) is 5.92 Å². The second kappa shape index (κ2) is 7.94. The van der Waals surface area contributed by atoms with Gasteiger partial charge >= 0.3 is 0 Å². The molecule has 0 radical (unpaired) electrons. The van der Waals surface area contributed by atoms with Crippen molar-refractivity contribution in [2.24, 2.45) is 5.92 Å². The predicted octanol–water partition coefficient (Wildman–Crippen LogP) is 4.33. The predicted molar refractivity (Wildman–Crippen MR) is 90.8 cm³/mol. The fourth-order valence-corrected chi connectivity index (χ4v) is 3.47. The number of benzene rings is 1. The molecule has 1 fully saturated rings. The highest BCUT2D eigenvalue weighted by molar-refractivity contribution is 7.98. The molecule has 0 saturated carbocycles. The van der Waals surface area contributed by atoms with Gasteiger partial charge in [0.25, 0.3) is 0 Å². The average molecular weight is 292 g/mol. The molecule has 1 heterocycles. The molecule has 0 spiro atoms. The molecule has 1 aromatic rings. The number of likely N-dealkylation sites (tertiary alicyclic amines) is 1. The topological polar surface area (TPSA) is 15.3 Å². The van der Waals surface area contributed by atoms with Gasteiger partial charge in [0.1, 0.15) is 0 Å². The summed E-state index contributed by atoms with van der Waals surface area (Å²) >= 11 is 1.80. The number of hydrogen-bond donors (Lipinski definition) is 1. The fraction of sp³-hybridized carbons (Fsp3) is 0.647. The number of anilines is 1. The van der Waals surface area contributed by atoms with Gasteiger partial charge in [0.15, 0.2) is 0 Å². The molecule has 2 nitrogen and oxygen atoms in total. The highest BCUT2D eigenvalue weighted by atomic mass is 32.2. The zero-order chi connectivity index (χ0) is 14.4. The molecule has 1 aromatic carbocycles. The van der Waals surface area contributed by atoms with E-state index in [1.54, 1.807) is 11.8 Å². The van der Waals surface area contributed by atoms with E-state index in [2.05, 4.69) is 54.6 Å². The minimum atomic E-state index is 0.568. The SMILES string of the molecule is CCCN1CCC(C(C)Nc2ccc(SC)cc2)CC1. The van der Waals surface area contributed by atoms with Gasteiger partial charge in [0, 0.05) is 16.6 Å². The van der Waals surface area contributed by atoms with Gasteiger partial charge in [-0.1, -0.05) is 6.92 Å². The van der Waals surface area contributed by atoms with Crippen molar-refractivity contribution in [2.45, 2.75) is 44.0 Å². The highest BCUT2D eigenvalue weighted by Gasteiger charge is 2.23. The van der Waals surface area contributed by atoms with Gasteiger partial charge in [-0.25, -0.2) is 0 Å². The van der Waals surface area contributed by atoms with E-state index in [1.807, 2.05) is 0 Å². The van der Waals surface area contributed by atoms with Crippen LogP contribution in [0.2, 0.25) is 0 Å². The summed E-state index contributed by atoms with van der Waals surface area (Å²) in [7, 11) is 0. The number of rotatable bonds is 6. The Bertz CT molecular complexity index is 382. The van der Waals surface area contributed by atoms with Gasteiger partial charge < -0.3 is 10.2 Å². The van der Waals surface area contributed by atoms with Gasteiger partial charge in [0.2, 0.25) is 0 Å². The van der Waals surface area contributed by atoms with Crippen LogP contribution in [0.5, 0.6) is 0 Å². The molecule has 1 atom stereocenters. The summed E-state index contributed by atoms with van der Waals surface area (Å²) in [6.07, 6.45) is 6.06. The van der Waals surface area contributed by atoms with Gasteiger partial charge in [-0.15, -0.1) is 11.8 Å². The number of thioether (sulfide) groups is 1. The minimum absolute atomic E-state index is 0.568. The molecule has 1 aliphatic heterocycles. The molecule has 1 aliphatic rings. The summed E-state index contributed by atoms with van der Waals surface area (Å²) in [4.78, 5) is 3.94. The first-order valence-electron chi connectivity index (χ1n) is 7.86. The van der Waals surface area contributed by atoms with Crippen LogP contribution >= 0.6 is 11.8 Å². The zero-order valence-corrected chi connectivity index (χ0v) is 13.9. The quantitative estimate of drug-likeness (QED) is 0.786. The maximum absolute atomic E-state index is 3.68. The molecule has 1 N–H and O–H groups in total. The minimum Gasteiger partial charge on any atom is -0.382 e. The number of piperidine rings is 1. The van der Waals surface area contributed by atoms with Crippen molar-refractivity contribution in [2.75, 3.05) is 31.2 Å². The van der Waals surface area contributed by atoms with E-state index in [9.17, 15) is 0 Å². The van der Waals surface area contributed by atoms with Crippen LogP contribution in [0.15, 0.2) is 29.2 Å². The Balaban J connectivity index is 1.81. The first-order chi connectivity index (χ1) is 9.72. The first kappa shape index (κ1) is 15.7. The Morgan fingerprint density at radius 1 is 1.25 bits per heavy atom. The maximum Gasteiger partial charge on any atom is 0.0343 e. The molecule has 112 valence electrons. The van der Waals surface area contributed by atoms with Crippen LogP contribution in [-0.4, -0.2) is 36.8 Å². The molecule has 0 bridgehead atoms. The van der Waals surface area contributed by atoms with Crippen molar-refractivity contribution in [1.82, 2.24) is 4.90 Å². The lowest BCUT2D eigenvalue weighted by Crippen LogP contribution is -2.39. The van der Waals surface area contributed by atoms with E-state index in [1.165, 1.54) is 49.5 Å². The van der Waals surface area contributed by atoms with Crippen LogP contribution in [0.25, 0.3) is 0 Å². The molecule has 1 unspecified atom stereocenters. The van der Waals surface area contributed by atoms with Crippen molar-refractivity contribution in [1.29, 1.82) is 0 Å². The molecule has 2 rings (SSSR count). The second-order valence-electron chi connectivity index (χ2n) is 5.84. The summed E-state index contributed by atoms with van der Waals surface area (Å²) in [6.45, 7) is 8.42. The Morgan fingerprint density at radius 2 is 1.90 bits per heavy atom. The number of nitrogens with zero attached hydrogens (tertiary/aromatic N) is 1. The maximum atomic E-state index is 3.68.